The van der Waals surface area contributed by atoms with Crippen LogP contribution in [0, 0.1) is 0 Å². The standard InChI is InChI=1S/C17H27BrN2O/c1-17(2,14-8-10-15(18)11-9-14)13-20-16(21)7-5-3-4-6-12-19/h8-11H,3-7,12-13,19H2,1-2H3,(H,20,21). The SMILES string of the molecule is CC(C)(CNC(=O)CCCCCCN)c1ccc(Br)cc1. The maximum atomic E-state index is 11.9. The highest BCUT2D eigenvalue weighted by Crippen LogP contribution is 2.24. The molecule has 1 aromatic carbocycles. The number of unbranched alkanes of at least 4 members (excludes halogenated alkanes) is 3. The summed E-state index contributed by atoms with van der Waals surface area (Å²) in [6.07, 6.45) is 4.82. The van der Waals surface area contributed by atoms with Crippen LogP contribution in [0.15, 0.2) is 28.7 Å². The van der Waals surface area contributed by atoms with E-state index in [4.69, 9.17) is 5.73 Å². The van der Waals surface area contributed by atoms with Crippen molar-refractivity contribution in [1.29, 1.82) is 0 Å². The van der Waals surface area contributed by atoms with E-state index >= 15 is 0 Å². The van der Waals surface area contributed by atoms with Crippen molar-refractivity contribution in [2.75, 3.05) is 13.1 Å². The average Bonchev–Trinajstić information content (AvgIpc) is 2.45. The van der Waals surface area contributed by atoms with Gasteiger partial charge in [-0.05, 0) is 37.1 Å². The fourth-order valence-corrected chi connectivity index (χ4v) is 2.46. The van der Waals surface area contributed by atoms with E-state index in [0.29, 0.717) is 13.0 Å². The first-order valence-electron chi connectivity index (χ1n) is 7.68. The predicted octanol–water partition coefficient (Wildman–Crippen LogP) is 3.75. The third-order valence-corrected chi connectivity index (χ3v) is 4.24. The second-order valence-electron chi connectivity index (χ2n) is 6.12. The monoisotopic (exact) mass is 354 g/mol. The number of benzene rings is 1. The van der Waals surface area contributed by atoms with E-state index in [2.05, 4.69) is 47.2 Å². The molecule has 118 valence electrons. The van der Waals surface area contributed by atoms with E-state index in [1.807, 2.05) is 12.1 Å². The van der Waals surface area contributed by atoms with Gasteiger partial charge < -0.3 is 11.1 Å². The first kappa shape index (κ1) is 18.2. The number of hydrogen-bond acceptors (Lipinski definition) is 2. The van der Waals surface area contributed by atoms with Crippen molar-refractivity contribution in [3.63, 3.8) is 0 Å². The van der Waals surface area contributed by atoms with Gasteiger partial charge >= 0.3 is 0 Å². The molecular formula is C17H27BrN2O. The topological polar surface area (TPSA) is 55.1 Å². The second-order valence-corrected chi connectivity index (χ2v) is 7.04. The molecule has 21 heavy (non-hydrogen) atoms. The van der Waals surface area contributed by atoms with E-state index in [-0.39, 0.29) is 11.3 Å². The first-order valence-corrected chi connectivity index (χ1v) is 8.48. The van der Waals surface area contributed by atoms with Crippen LogP contribution in [-0.4, -0.2) is 19.0 Å². The molecule has 3 N–H and O–H groups in total. The second kappa shape index (κ2) is 9.21. The number of hydrogen-bond donors (Lipinski definition) is 2. The summed E-state index contributed by atoms with van der Waals surface area (Å²) in [7, 11) is 0. The van der Waals surface area contributed by atoms with E-state index < -0.39 is 0 Å². The molecule has 0 aliphatic heterocycles. The van der Waals surface area contributed by atoms with Crippen LogP contribution in [0.25, 0.3) is 0 Å². The van der Waals surface area contributed by atoms with Crippen LogP contribution in [0.3, 0.4) is 0 Å². The molecule has 0 aliphatic carbocycles. The van der Waals surface area contributed by atoms with Gasteiger partial charge in [0.25, 0.3) is 0 Å². The Balaban J connectivity index is 2.32. The Morgan fingerprint density at radius 2 is 1.76 bits per heavy atom. The van der Waals surface area contributed by atoms with Gasteiger partial charge in [0.2, 0.25) is 5.91 Å². The molecule has 4 heteroatoms. The minimum Gasteiger partial charge on any atom is -0.355 e. The van der Waals surface area contributed by atoms with Gasteiger partial charge in [0.05, 0.1) is 0 Å². The normalized spacial score (nSPS) is 11.4. The van der Waals surface area contributed by atoms with Gasteiger partial charge in [0.15, 0.2) is 0 Å². The molecule has 1 aromatic rings. The molecule has 1 amide bonds. The van der Waals surface area contributed by atoms with Crippen LogP contribution in [0.2, 0.25) is 0 Å². The van der Waals surface area contributed by atoms with Crippen LogP contribution < -0.4 is 11.1 Å². The lowest BCUT2D eigenvalue weighted by atomic mass is 9.84. The number of carbonyl (C=O) groups is 1. The van der Waals surface area contributed by atoms with Crippen molar-refractivity contribution in [3.05, 3.63) is 34.3 Å². The van der Waals surface area contributed by atoms with Gasteiger partial charge in [-0.25, -0.2) is 0 Å². The number of rotatable bonds is 9. The number of nitrogens with two attached hydrogens (primary N) is 1. The zero-order chi connectivity index (χ0) is 15.7. The molecule has 1 rings (SSSR count). The highest BCUT2D eigenvalue weighted by Gasteiger charge is 2.21. The lowest BCUT2D eigenvalue weighted by molar-refractivity contribution is -0.121. The van der Waals surface area contributed by atoms with Crippen LogP contribution in [0.5, 0.6) is 0 Å². The van der Waals surface area contributed by atoms with Crippen molar-refractivity contribution in [2.45, 2.75) is 51.4 Å². The molecule has 3 nitrogen and oxygen atoms in total. The largest absolute Gasteiger partial charge is 0.355 e. The number of halogens is 1. The summed E-state index contributed by atoms with van der Waals surface area (Å²) in [6.45, 7) is 5.71. The van der Waals surface area contributed by atoms with E-state index in [1.54, 1.807) is 0 Å². The number of carbonyl (C=O) groups excluding carboxylic acids is 1. The molecule has 0 spiro atoms. The molecule has 0 bridgehead atoms. The molecular weight excluding hydrogens is 328 g/mol. The highest BCUT2D eigenvalue weighted by atomic mass is 79.9. The molecule has 0 fully saturated rings. The smallest absolute Gasteiger partial charge is 0.220 e. The minimum absolute atomic E-state index is 0.0596. The average molecular weight is 355 g/mol. The van der Waals surface area contributed by atoms with E-state index in [9.17, 15) is 4.79 Å². The summed E-state index contributed by atoms with van der Waals surface area (Å²) in [5, 5.41) is 3.05. The number of amides is 1. The Bertz CT molecular complexity index is 429. The Morgan fingerprint density at radius 1 is 1.14 bits per heavy atom. The van der Waals surface area contributed by atoms with Gasteiger partial charge in [0, 0.05) is 22.9 Å². The third kappa shape index (κ3) is 7.09. The maximum Gasteiger partial charge on any atom is 0.220 e. The van der Waals surface area contributed by atoms with Crippen LogP contribution in [0.4, 0.5) is 0 Å². The van der Waals surface area contributed by atoms with Gasteiger partial charge in [0.1, 0.15) is 0 Å². The fourth-order valence-electron chi connectivity index (χ4n) is 2.19. The van der Waals surface area contributed by atoms with Crippen molar-refractivity contribution in [1.82, 2.24) is 5.32 Å². The molecule has 0 aliphatic rings. The molecule has 0 unspecified atom stereocenters. The molecule has 0 saturated heterocycles. The van der Waals surface area contributed by atoms with Crippen LogP contribution in [0.1, 0.15) is 51.5 Å². The Labute approximate surface area is 136 Å². The number of nitrogens with one attached hydrogen (secondary N) is 1. The zero-order valence-corrected chi connectivity index (χ0v) is 14.7. The summed E-state index contributed by atoms with van der Waals surface area (Å²) in [4.78, 5) is 11.9. The Morgan fingerprint density at radius 3 is 2.38 bits per heavy atom. The minimum atomic E-state index is -0.0596. The summed E-state index contributed by atoms with van der Waals surface area (Å²) < 4.78 is 1.07. The van der Waals surface area contributed by atoms with Crippen molar-refractivity contribution in [3.8, 4) is 0 Å². The summed E-state index contributed by atoms with van der Waals surface area (Å²) in [6, 6.07) is 8.28. The van der Waals surface area contributed by atoms with Gasteiger partial charge in [-0.15, -0.1) is 0 Å². The third-order valence-electron chi connectivity index (χ3n) is 3.71. The highest BCUT2D eigenvalue weighted by molar-refractivity contribution is 9.10. The fraction of sp³-hybridized carbons (Fsp3) is 0.588. The van der Waals surface area contributed by atoms with Crippen molar-refractivity contribution >= 4 is 21.8 Å². The molecule has 0 heterocycles. The molecule has 0 saturated carbocycles. The van der Waals surface area contributed by atoms with Gasteiger partial charge in [-0.1, -0.05) is 54.8 Å². The predicted molar refractivity (Wildman–Crippen MR) is 92.3 cm³/mol. The summed E-state index contributed by atoms with van der Waals surface area (Å²) in [5.74, 6) is 0.146. The van der Waals surface area contributed by atoms with Crippen molar-refractivity contribution in [2.24, 2.45) is 5.73 Å². The van der Waals surface area contributed by atoms with Gasteiger partial charge in [-0.3, -0.25) is 4.79 Å². The Kier molecular flexibility index (Phi) is 7.97. The quantitative estimate of drug-likeness (QED) is 0.663. The van der Waals surface area contributed by atoms with Crippen molar-refractivity contribution < 1.29 is 4.79 Å². The zero-order valence-electron chi connectivity index (χ0n) is 13.1. The first-order chi connectivity index (χ1) is 9.95. The summed E-state index contributed by atoms with van der Waals surface area (Å²) in [5.41, 5.74) is 6.62. The van der Waals surface area contributed by atoms with Gasteiger partial charge in [-0.2, -0.15) is 0 Å². The lowest BCUT2D eigenvalue weighted by Gasteiger charge is -2.25. The van der Waals surface area contributed by atoms with E-state index in [1.165, 1.54) is 5.56 Å². The maximum absolute atomic E-state index is 11.9. The van der Waals surface area contributed by atoms with E-state index in [0.717, 1.165) is 36.7 Å². The molecule has 0 aromatic heterocycles. The molecule has 0 radical (unpaired) electrons. The Hall–Kier alpha value is -0.870. The molecule has 0 atom stereocenters. The van der Waals surface area contributed by atoms with Crippen LogP contribution in [-0.2, 0) is 10.2 Å². The summed E-state index contributed by atoms with van der Waals surface area (Å²) >= 11 is 3.44. The van der Waals surface area contributed by atoms with Crippen LogP contribution >= 0.6 is 15.9 Å². The lowest BCUT2D eigenvalue weighted by Crippen LogP contribution is -2.36.